The number of nitrogens with two attached hydrogens (primary N) is 1. The summed E-state index contributed by atoms with van der Waals surface area (Å²) in [7, 11) is 1.32. The van der Waals surface area contributed by atoms with Gasteiger partial charge in [0.1, 0.15) is 6.04 Å². The van der Waals surface area contributed by atoms with Gasteiger partial charge >= 0.3 is 5.97 Å². The largest absolute Gasteiger partial charge is 0.467 e. The summed E-state index contributed by atoms with van der Waals surface area (Å²) in [5, 5.41) is 2.59. The van der Waals surface area contributed by atoms with Gasteiger partial charge in [0.15, 0.2) is 0 Å². The molecule has 0 saturated heterocycles. The van der Waals surface area contributed by atoms with Gasteiger partial charge in [0.05, 0.1) is 13.2 Å². The number of hydrogen-bond acceptors (Lipinski definition) is 4. The standard InChI is InChI=1S/C9H16N2O3/c1-5(10)8(12)11-7(6-3-4-6)9(13)14-2/h5-7H,3-4,10H2,1-2H3,(H,11,12). The summed E-state index contributed by atoms with van der Waals surface area (Å²) >= 11 is 0. The van der Waals surface area contributed by atoms with Crippen molar-refractivity contribution in [3.05, 3.63) is 0 Å². The quantitative estimate of drug-likeness (QED) is 0.594. The molecule has 5 heteroatoms. The molecule has 0 bridgehead atoms. The Hall–Kier alpha value is -1.10. The zero-order valence-corrected chi connectivity index (χ0v) is 8.45. The van der Waals surface area contributed by atoms with E-state index in [1.807, 2.05) is 0 Å². The summed E-state index contributed by atoms with van der Waals surface area (Å²) in [6.45, 7) is 1.58. The summed E-state index contributed by atoms with van der Waals surface area (Å²) in [6.07, 6.45) is 1.91. The van der Waals surface area contributed by atoms with Gasteiger partial charge < -0.3 is 15.8 Å². The van der Waals surface area contributed by atoms with Crippen molar-refractivity contribution in [3.8, 4) is 0 Å². The number of methoxy groups -OCH3 is 1. The third kappa shape index (κ3) is 2.70. The Kier molecular flexibility index (Phi) is 3.46. The first-order valence-electron chi connectivity index (χ1n) is 4.70. The van der Waals surface area contributed by atoms with Crippen molar-refractivity contribution >= 4 is 11.9 Å². The monoisotopic (exact) mass is 200 g/mol. The maximum Gasteiger partial charge on any atom is 0.328 e. The minimum absolute atomic E-state index is 0.227. The van der Waals surface area contributed by atoms with E-state index in [1.165, 1.54) is 7.11 Å². The Morgan fingerprint density at radius 2 is 2.07 bits per heavy atom. The predicted octanol–water partition coefficient (Wildman–Crippen LogP) is -0.599. The highest BCUT2D eigenvalue weighted by molar-refractivity contribution is 5.87. The Bertz CT molecular complexity index is 236. The first kappa shape index (κ1) is 11.0. The molecule has 0 aliphatic heterocycles. The molecule has 0 radical (unpaired) electrons. The number of rotatable bonds is 4. The average Bonchev–Trinajstić information content (AvgIpc) is 2.95. The minimum atomic E-state index is -0.596. The summed E-state index contributed by atoms with van der Waals surface area (Å²) in [4.78, 5) is 22.5. The van der Waals surface area contributed by atoms with Crippen LogP contribution < -0.4 is 11.1 Å². The van der Waals surface area contributed by atoms with Crippen molar-refractivity contribution in [2.24, 2.45) is 11.7 Å². The molecule has 0 aromatic carbocycles. The lowest BCUT2D eigenvalue weighted by Gasteiger charge is -2.16. The molecule has 1 amide bonds. The van der Waals surface area contributed by atoms with E-state index >= 15 is 0 Å². The fraction of sp³-hybridized carbons (Fsp3) is 0.778. The molecule has 0 aromatic heterocycles. The molecule has 1 aliphatic carbocycles. The van der Waals surface area contributed by atoms with E-state index < -0.39 is 12.1 Å². The molecule has 1 saturated carbocycles. The predicted molar refractivity (Wildman–Crippen MR) is 50.3 cm³/mol. The van der Waals surface area contributed by atoms with Crippen LogP contribution in [0.4, 0.5) is 0 Å². The van der Waals surface area contributed by atoms with Gasteiger partial charge in [0.2, 0.25) is 5.91 Å². The number of carbonyl (C=O) groups excluding carboxylic acids is 2. The zero-order valence-electron chi connectivity index (χ0n) is 8.45. The van der Waals surface area contributed by atoms with Gasteiger partial charge in [-0.1, -0.05) is 0 Å². The Labute approximate surface area is 83.0 Å². The number of hydrogen-bond donors (Lipinski definition) is 2. The molecular formula is C9H16N2O3. The fourth-order valence-electron chi connectivity index (χ4n) is 1.21. The van der Waals surface area contributed by atoms with Crippen LogP contribution in [-0.4, -0.2) is 31.1 Å². The SMILES string of the molecule is COC(=O)C(NC(=O)C(C)N)C1CC1. The van der Waals surface area contributed by atoms with Gasteiger partial charge in [-0.2, -0.15) is 0 Å². The normalized spacial score (nSPS) is 19.6. The number of ether oxygens (including phenoxy) is 1. The Morgan fingerprint density at radius 3 is 2.43 bits per heavy atom. The van der Waals surface area contributed by atoms with Crippen molar-refractivity contribution < 1.29 is 14.3 Å². The van der Waals surface area contributed by atoms with Crippen LogP contribution in [0.15, 0.2) is 0 Å². The molecular weight excluding hydrogens is 184 g/mol. The van der Waals surface area contributed by atoms with E-state index in [-0.39, 0.29) is 17.8 Å². The molecule has 0 aromatic rings. The highest BCUT2D eigenvalue weighted by Crippen LogP contribution is 2.33. The van der Waals surface area contributed by atoms with Crippen LogP contribution in [0.1, 0.15) is 19.8 Å². The maximum atomic E-state index is 11.3. The van der Waals surface area contributed by atoms with Gasteiger partial charge in [0, 0.05) is 0 Å². The van der Waals surface area contributed by atoms with E-state index in [4.69, 9.17) is 5.73 Å². The van der Waals surface area contributed by atoms with E-state index in [9.17, 15) is 9.59 Å². The van der Waals surface area contributed by atoms with Crippen molar-refractivity contribution in [2.75, 3.05) is 7.11 Å². The molecule has 1 rings (SSSR count). The summed E-state index contributed by atoms with van der Waals surface area (Å²) < 4.78 is 4.60. The molecule has 0 spiro atoms. The molecule has 0 heterocycles. The van der Waals surface area contributed by atoms with Gasteiger partial charge in [0.25, 0.3) is 0 Å². The minimum Gasteiger partial charge on any atom is -0.467 e. The highest BCUT2D eigenvalue weighted by atomic mass is 16.5. The van der Waals surface area contributed by atoms with E-state index in [1.54, 1.807) is 6.92 Å². The van der Waals surface area contributed by atoms with Crippen molar-refractivity contribution in [3.63, 3.8) is 0 Å². The van der Waals surface area contributed by atoms with Crippen molar-refractivity contribution in [1.29, 1.82) is 0 Å². The van der Waals surface area contributed by atoms with Crippen molar-refractivity contribution in [2.45, 2.75) is 31.8 Å². The average molecular weight is 200 g/mol. The van der Waals surface area contributed by atoms with Crippen LogP contribution >= 0.6 is 0 Å². The van der Waals surface area contributed by atoms with Crippen LogP contribution in [0.2, 0.25) is 0 Å². The second-order valence-corrected chi connectivity index (χ2v) is 3.64. The molecule has 2 atom stereocenters. The van der Waals surface area contributed by atoms with E-state index in [2.05, 4.69) is 10.1 Å². The molecule has 80 valence electrons. The molecule has 1 aliphatic rings. The van der Waals surface area contributed by atoms with Gasteiger partial charge in [-0.05, 0) is 25.7 Å². The van der Waals surface area contributed by atoms with Crippen LogP contribution in [0.5, 0.6) is 0 Å². The molecule has 1 fully saturated rings. The summed E-state index contributed by atoms with van der Waals surface area (Å²) in [5.74, 6) is -0.473. The molecule has 5 nitrogen and oxygen atoms in total. The van der Waals surface area contributed by atoms with Crippen LogP contribution in [0, 0.1) is 5.92 Å². The number of nitrogens with one attached hydrogen (secondary N) is 1. The summed E-state index contributed by atoms with van der Waals surface area (Å²) in [6, 6.07) is -1.11. The second kappa shape index (κ2) is 4.41. The second-order valence-electron chi connectivity index (χ2n) is 3.64. The Balaban J connectivity index is 2.51. The van der Waals surface area contributed by atoms with Gasteiger partial charge in [-0.3, -0.25) is 4.79 Å². The first-order valence-corrected chi connectivity index (χ1v) is 4.70. The highest BCUT2D eigenvalue weighted by Gasteiger charge is 2.38. The lowest BCUT2D eigenvalue weighted by atomic mass is 10.1. The lowest BCUT2D eigenvalue weighted by molar-refractivity contribution is -0.145. The Morgan fingerprint density at radius 1 is 1.50 bits per heavy atom. The van der Waals surface area contributed by atoms with Crippen molar-refractivity contribution in [1.82, 2.24) is 5.32 Å². The first-order chi connectivity index (χ1) is 6.56. The van der Waals surface area contributed by atoms with E-state index in [0.29, 0.717) is 0 Å². The van der Waals surface area contributed by atoms with Crippen LogP contribution in [0.25, 0.3) is 0 Å². The lowest BCUT2D eigenvalue weighted by Crippen LogP contribution is -2.48. The van der Waals surface area contributed by atoms with Crippen LogP contribution in [-0.2, 0) is 14.3 Å². The summed E-state index contributed by atoms with van der Waals surface area (Å²) in [5.41, 5.74) is 5.38. The third-order valence-corrected chi connectivity index (χ3v) is 2.26. The molecule has 2 unspecified atom stereocenters. The van der Waals surface area contributed by atoms with Gasteiger partial charge in [-0.25, -0.2) is 4.79 Å². The molecule has 3 N–H and O–H groups in total. The number of amides is 1. The van der Waals surface area contributed by atoms with Gasteiger partial charge in [-0.15, -0.1) is 0 Å². The van der Waals surface area contributed by atoms with E-state index in [0.717, 1.165) is 12.8 Å². The molecule has 14 heavy (non-hydrogen) atoms. The third-order valence-electron chi connectivity index (χ3n) is 2.26. The smallest absolute Gasteiger partial charge is 0.328 e. The topological polar surface area (TPSA) is 81.4 Å². The van der Waals surface area contributed by atoms with Crippen LogP contribution in [0.3, 0.4) is 0 Å². The zero-order chi connectivity index (χ0) is 10.7. The maximum absolute atomic E-state index is 11.3. The number of esters is 1. The fourth-order valence-corrected chi connectivity index (χ4v) is 1.21. The number of carbonyl (C=O) groups is 2.